The summed E-state index contributed by atoms with van der Waals surface area (Å²) in [5.74, 6) is 0. The van der Waals surface area contributed by atoms with Crippen molar-refractivity contribution in [3.63, 3.8) is 0 Å². The zero-order valence-electron chi connectivity index (χ0n) is 10.2. The average Bonchev–Trinajstić information content (AvgIpc) is 2.22. The maximum atomic E-state index is 11.0. The van der Waals surface area contributed by atoms with Crippen LogP contribution in [0.5, 0.6) is 0 Å². The predicted octanol–water partition coefficient (Wildman–Crippen LogP) is 1.43. The number of hydrogen-bond donors (Lipinski definition) is 0. The van der Waals surface area contributed by atoms with E-state index in [2.05, 4.69) is 0 Å². The Balaban J connectivity index is 1.85. The molecule has 6 heteroatoms. The van der Waals surface area contributed by atoms with Crippen molar-refractivity contribution in [2.45, 2.75) is 50.4 Å². The fourth-order valence-electron chi connectivity index (χ4n) is 2.16. The van der Waals surface area contributed by atoms with Crippen molar-refractivity contribution in [2.75, 3.05) is 19.5 Å². The van der Waals surface area contributed by atoms with Gasteiger partial charge in [0.15, 0.2) is 6.29 Å². The summed E-state index contributed by atoms with van der Waals surface area (Å²) >= 11 is 0. The molecule has 1 saturated heterocycles. The Morgan fingerprint density at radius 2 is 2.06 bits per heavy atom. The van der Waals surface area contributed by atoms with Crippen LogP contribution in [0, 0.1) is 0 Å². The minimum Gasteiger partial charge on any atom is -0.353 e. The summed E-state index contributed by atoms with van der Waals surface area (Å²) in [6, 6.07) is 0. The molecule has 1 unspecified atom stereocenters. The number of hydrogen-bond acceptors (Lipinski definition) is 5. The molecule has 0 aromatic carbocycles. The third kappa shape index (κ3) is 3.91. The normalized spacial score (nSPS) is 28.6. The lowest BCUT2D eigenvalue weighted by atomic mass is 9.80. The van der Waals surface area contributed by atoms with E-state index in [0.717, 1.165) is 51.4 Å². The fraction of sp³-hybridized carbons (Fsp3) is 1.00. The lowest BCUT2D eigenvalue weighted by Gasteiger charge is -2.43. The van der Waals surface area contributed by atoms with Crippen molar-refractivity contribution in [1.82, 2.24) is 0 Å². The number of ether oxygens (including phenoxy) is 2. The topological polar surface area (TPSA) is 61.8 Å². The van der Waals surface area contributed by atoms with Crippen molar-refractivity contribution >= 4 is 10.1 Å². The van der Waals surface area contributed by atoms with Gasteiger partial charge in [0.2, 0.25) is 0 Å². The molecule has 17 heavy (non-hydrogen) atoms. The predicted molar refractivity (Wildman–Crippen MR) is 62.1 cm³/mol. The van der Waals surface area contributed by atoms with Crippen molar-refractivity contribution in [3.05, 3.63) is 0 Å². The quantitative estimate of drug-likeness (QED) is 0.703. The van der Waals surface area contributed by atoms with E-state index >= 15 is 0 Å². The van der Waals surface area contributed by atoms with Gasteiger partial charge in [0.25, 0.3) is 10.1 Å². The monoisotopic (exact) mass is 264 g/mol. The highest BCUT2D eigenvalue weighted by Crippen LogP contribution is 2.38. The molecule has 0 amide bonds. The summed E-state index contributed by atoms with van der Waals surface area (Å²) < 4.78 is 38.3. The molecular formula is C11H20O5S. The highest BCUT2D eigenvalue weighted by molar-refractivity contribution is 7.85. The van der Waals surface area contributed by atoms with E-state index in [4.69, 9.17) is 13.7 Å². The molecule has 2 aliphatic rings. The van der Waals surface area contributed by atoms with Gasteiger partial charge in [-0.3, -0.25) is 4.18 Å². The van der Waals surface area contributed by atoms with Gasteiger partial charge in [-0.15, -0.1) is 0 Å². The van der Waals surface area contributed by atoms with Crippen LogP contribution < -0.4 is 0 Å². The van der Waals surface area contributed by atoms with Gasteiger partial charge in [0.05, 0.1) is 18.5 Å². The average molecular weight is 264 g/mol. The van der Waals surface area contributed by atoms with Gasteiger partial charge < -0.3 is 9.47 Å². The maximum absolute atomic E-state index is 11.0. The van der Waals surface area contributed by atoms with Gasteiger partial charge in [-0.1, -0.05) is 0 Å². The van der Waals surface area contributed by atoms with Crippen LogP contribution in [-0.2, 0) is 23.8 Å². The van der Waals surface area contributed by atoms with Gasteiger partial charge in [0, 0.05) is 6.61 Å². The van der Waals surface area contributed by atoms with Crippen LogP contribution in [-0.4, -0.2) is 39.8 Å². The Bertz CT molecular complexity index is 341. The Labute approximate surface area is 103 Å². The first-order valence-electron chi connectivity index (χ1n) is 6.13. The van der Waals surface area contributed by atoms with Gasteiger partial charge in [-0.2, -0.15) is 8.42 Å². The number of rotatable bonds is 5. The molecule has 2 fully saturated rings. The van der Waals surface area contributed by atoms with E-state index in [-0.39, 0.29) is 12.9 Å². The van der Waals surface area contributed by atoms with Crippen LogP contribution in [0.4, 0.5) is 0 Å². The molecule has 100 valence electrons. The van der Waals surface area contributed by atoms with Crippen LogP contribution in [0.3, 0.4) is 0 Å². The first-order valence-corrected chi connectivity index (χ1v) is 7.95. The van der Waals surface area contributed by atoms with E-state index in [1.165, 1.54) is 0 Å². The minimum absolute atomic E-state index is 0.117. The molecule has 0 spiro atoms. The molecule has 5 nitrogen and oxygen atoms in total. The molecule has 0 bridgehead atoms. The fourth-order valence-corrected chi connectivity index (χ4v) is 2.59. The van der Waals surface area contributed by atoms with Crippen molar-refractivity contribution in [1.29, 1.82) is 0 Å². The standard InChI is InChI=1S/C11H20O5S/c1-17(12,13)15-9-11(6-4-7-11)16-10-5-2-3-8-14-10/h10H,2-9H2,1H3. The zero-order chi connectivity index (χ0) is 12.4. The minimum atomic E-state index is -3.40. The van der Waals surface area contributed by atoms with Gasteiger partial charge in [-0.25, -0.2) is 0 Å². The summed E-state index contributed by atoms with van der Waals surface area (Å²) in [5, 5.41) is 0. The molecule has 1 aliphatic heterocycles. The SMILES string of the molecule is CS(=O)(=O)OCC1(OC2CCCCO2)CCC1. The second-order valence-corrected chi connectivity index (χ2v) is 6.56. The van der Waals surface area contributed by atoms with Crippen LogP contribution in [0.25, 0.3) is 0 Å². The first kappa shape index (κ1) is 13.3. The van der Waals surface area contributed by atoms with Gasteiger partial charge >= 0.3 is 0 Å². The van der Waals surface area contributed by atoms with E-state index in [0.29, 0.717) is 0 Å². The molecule has 0 radical (unpaired) electrons. The third-order valence-electron chi connectivity index (χ3n) is 3.32. The summed E-state index contributed by atoms with van der Waals surface area (Å²) in [7, 11) is -3.40. The Hall–Kier alpha value is -0.170. The smallest absolute Gasteiger partial charge is 0.264 e. The molecule has 1 saturated carbocycles. The van der Waals surface area contributed by atoms with Gasteiger partial charge in [0.1, 0.15) is 0 Å². The lowest BCUT2D eigenvalue weighted by Crippen LogP contribution is -2.48. The summed E-state index contributed by atoms with van der Waals surface area (Å²) in [4.78, 5) is 0. The Morgan fingerprint density at radius 3 is 2.53 bits per heavy atom. The molecule has 0 aromatic heterocycles. The van der Waals surface area contributed by atoms with E-state index < -0.39 is 15.7 Å². The van der Waals surface area contributed by atoms with E-state index in [1.54, 1.807) is 0 Å². The van der Waals surface area contributed by atoms with Crippen LogP contribution in [0.15, 0.2) is 0 Å². The van der Waals surface area contributed by atoms with Crippen molar-refractivity contribution < 1.29 is 22.1 Å². The first-order chi connectivity index (χ1) is 7.99. The molecular weight excluding hydrogens is 244 g/mol. The molecule has 0 N–H and O–H groups in total. The molecule has 1 atom stereocenters. The van der Waals surface area contributed by atoms with Crippen molar-refractivity contribution in [2.24, 2.45) is 0 Å². The summed E-state index contributed by atoms with van der Waals surface area (Å²) in [5.41, 5.74) is -0.439. The largest absolute Gasteiger partial charge is 0.353 e. The third-order valence-corrected chi connectivity index (χ3v) is 3.87. The Kier molecular flexibility index (Phi) is 4.07. The lowest BCUT2D eigenvalue weighted by molar-refractivity contribution is -0.253. The molecule has 0 aromatic rings. The second-order valence-electron chi connectivity index (χ2n) is 4.92. The van der Waals surface area contributed by atoms with E-state index in [9.17, 15) is 8.42 Å². The summed E-state index contributed by atoms with van der Waals surface area (Å²) in [6.07, 6.45) is 6.70. The molecule has 1 aliphatic carbocycles. The van der Waals surface area contributed by atoms with Crippen LogP contribution in [0.2, 0.25) is 0 Å². The van der Waals surface area contributed by atoms with Crippen LogP contribution >= 0.6 is 0 Å². The molecule has 1 heterocycles. The highest BCUT2D eigenvalue weighted by atomic mass is 32.2. The molecule has 2 rings (SSSR count). The summed E-state index contributed by atoms with van der Waals surface area (Å²) in [6.45, 7) is 0.847. The second kappa shape index (κ2) is 5.22. The van der Waals surface area contributed by atoms with Gasteiger partial charge in [-0.05, 0) is 38.5 Å². The Morgan fingerprint density at radius 1 is 1.29 bits per heavy atom. The van der Waals surface area contributed by atoms with E-state index in [1.807, 2.05) is 0 Å². The van der Waals surface area contributed by atoms with Crippen molar-refractivity contribution in [3.8, 4) is 0 Å². The zero-order valence-corrected chi connectivity index (χ0v) is 11.0. The maximum Gasteiger partial charge on any atom is 0.264 e. The highest BCUT2D eigenvalue weighted by Gasteiger charge is 2.42. The van der Waals surface area contributed by atoms with Crippen LogP contribution in [0.1, 0.15) is 38.5 Å².